The van der Waals surface area contributed by atoms with Crippen LogP contribution in [0.25, 0.3) is 0 Å². The molecular weight excluding hydrogens is 1450 g/mol. The third kappa shape index (κ3) is 19.1. The molecule has 5 aliphatic heterocycles. The summed E-state index contributed by atoms with van der Waals surface area (Å²) in [4.78, 5) is 72.5. The quantitative estimate of drug-likeness (QED) is 0.0463. The van der Waals surface area contributed by atoms with E-state index in [2.05, 4.69) is 108 Å². The number of halogens is 1. The molecule has 18 heteroatoms. The molecule has 2 unspecified atom stereocenters. The van der Waals surface area contributed by atoms with E-state index < -0.39 is 0 Å². The summed E-state index contributed by atoms with van der Waals surface area (Å²) >= 11 is 3.46. The summed E-state index contributed by atoms with van der Waals surface area (Å²) in [5, 5.41) is 0. The molecule has 0 bridgehead atoms. The molecule has 15 nitrogen and oxygen atoms in total. The van der Waals surface area contributed by atoms with E-state index >= 15 is 0 Å². The number of rotatable bonds is 8. The monoisotopic (exact) mass is 1540 g/mol. The summed E-state index contributed by atoms with van der Waals surface area (Å²) in [5.41, 5.74) is 10.5. The number of Topliss-reactive ketones (excluding diaryl/α,β-unsaturated/α-hetero) is 3. The molecular formula is C73H87BrN6O9PU-. The molecule has 0 saturated heterocycles. The van der Waals surface area contributed by atoms with Gasteiger partial charge < -0.3 is 31.1 Å². The molecule has 8 aliphatic rings. The van der Waals surface area contributed by atoms with Crippen molar-refractivity contribution in [3.63, 3.8) is 0 Å². The van der Waals surface area contributed by atoms with Crippen molar-refractivity contribution in [1.82, 2.24) is 9.97 Å². The van der Waals surface area contributed by atoms with Crippen LogP contribution < -0.4 is 4.74 Å². The Labute approximate surface area is 573 Å². The zero-order valence-electron chi connectivity index (χ0n) is 54.4. The minimum atomic E-state index is -0.124. The molecule has 0 fully saturated rings. The van der Waals surface area contributed by atoms with E-state index in [1.54, 1.807) is 0 Å². The predicted molar refractivity (Wildman–Crippen MR) is 366 cm³/mol. The SMILES string of the molecule is CC(C)[C@@H]1COC(c2cccc(C3=N[C@H](C(C)C)CO3)n2)=N1.CC(C)[C@H]1COC(c2cccc(C3=N[C@@H](C(C)C)CO3)n2)=N1.C[C@@H]1CC(=O)Oc2ccccc21.C[C@@H]1CC(=O)c2ccccc21.O=C1CC(Br)c2ccccc21.O=C1CCc2ccccc21.P.[CH3-].[U]. The first kappa shape index (κ1) is 73.6. The second kappa shape index (κ2) is 34.4. The van der Waals surface area contributed by atoms with Crippen molar-refractivity contribution in [2.75, 3.05) is 26.4 Å². The number of esters is 1. The number of carbonyl (C=O) groups excluding carboxylic acids is 4. The van der Waals surface area contributed by atoms with E-state index in [4.69, 9.17) is 23.7 Å². The normalized spacial score (nSPS) is 21.5. The average Bonchev–Trinajstić information content (AvgIpc) is 2.51. The molecule has 0 amide bonds. The summed E-state index contributed by atoms with van der Waals surface area (Å²) in [6, 6.07) is 43.6. The third-order valence-corrected chi connectivity index (χ3v) is 17.3. The van der Waals surface area contributed by atoms with Gasteiger partial charge in [-0.2, -0.15) is 9.90 Å². The summed E-state index contributed by atoms with van der Waals surface area (Å²) in [7, 11) is 0. The number of hydrogen-bond acceptors (Lipinski definition) is 15. The van der Waals surface area contributed by atoms with E-state index in [1.807, 2.05) is 140 Å². The number of ether oxygens (including phenoxy) is 5. The van der Waals surface area contributed by atoms with Crippen molar-refractivity contribution >= 4 is 72.7 Å². The molecule has 91 heavy (non-hydrogen) atoms. The molecule has 14 rings (SSSR count). The van der Waals surface area contributed by atoms with Gasteiger partial charge in [0.1, 0.15) is 55.0 Å². The molecule has 8 atom stereocenters. The Hall–Kier alpha value is -6.50. The van der Waals surface area contributed by atoms with Crippen LogP contribution in [0.4, 0.5) is 0 Å². The fourth-order valence-corrected chi connectivity index (χ4v) is 11.5. The molecule has 6 aromatic rings. The fraction of sp³-hybridized carbons (Fsp3) is 0.411. The predicted octanol–water partition coefficient (Wildman–Crippen LogP) is 14.9. The Kier molecular flexibility index (Phi) is 27.8. The van der Waals surface area contributed by atoms with Crippen molar-refractivity contribution in [3.05, 3.63) is 203 Å². The number of nitrogens with zero attached hydrogens (tertiary/aromatic N) is 6. The molecule has 3 aliphatic carbocycles. The van der Waals surface area contributed by atoms with Gasteiger partial charge >= 0.3 is 5.97 Å². The van der Waals surface area contributed by atoms with Gasteiger partial charge in [0, 0.05) is 71.9 Å². The molecule has 0 spiro atoms. The summed E-state index contributed by atoms with van der Waals surface area (Å²) in [5.74, 6) is 6.54. The van der Waals surface area contributed by atoms with Crippen molar-refractivity contribution in [1.29, 1.82) is 0 Å². The Morgan fingerprint density at radius 2 is 0.780 bits per heavy atom. The smallest absolute Gasteiger partial charge is 0.311 e. The van der Waals surface area contributed by atoms with Gasteiger partial charge in [-0.1, -0.05) is 188 Å². The first-order valence-corrected chi connectivity index (χ1v) is 31.8. The third-order valence-electron chi connectivity index (χ3n) is 16.5. The maximum absolute atomic E-state index is 11.3. The fourth-order valence-electron chi connectivity index (χ4n) is 10.8. The van der Waals surface area contributed by atoms with Crippen LogP contribution >= 0.6 is 25.8 Å². The zero-order chi connectivity index (χ0) is 62.6. The van der Waals surface area contributed by atoms with E-state index in [0.29, 0.717) is 123 Å². The Bertz CT molecular complexity index is 3360. The van der Waals surface area contributed by atoms with Gasteiger partial charge in [-0.05, 0) is 94.5 Å². The second-order valence-corrected chi connectivity index (χ2v) is 25.6. The van der Waals surface area contributed by atoms with Gasteiger partial charge in [-0.15, -0.1) is 0 Å². The average molecular weight is 1540 g/mol. The van der Waals surface area contributed by atoms with E-state index in [9.17, 15) is 19.2 Å². The molecule has 0 saturated carbocycles. The number of ketones is 3. The number of aryl methyl sites for hydroxylation is 1. The first-order chi connectivity index (χ1) is 42.3. The number of aliphatic imine (C=N–C) groups is 4. The Morgan fingerprint density at radius 1 is 0.418 bits per heavy atom. The number of aromatic nitrogens is 2. The van der Waals surface area contributed by atoms with Crippen LogP contribution in [0.5, 0.6) is 5.75 Å². The van der Waals surface area contributed by atoms with E-state index in [0.717, 1.165) is 62.8 Å². The second-order valence-electron chi connectivity index (χ2n) is 24.5. The summed E-state index contributed by atoms with van der Waals surface area (Å²) in [6.45, 7) is 23.9. The minimum absolute atomic E-state index is 0. The van der Waals surface area contributed by atoms with Gasteiger partial charge in [0.15, 0.2) is 17.3 Å². The summed E-state index contributed by atoms with van der Waals surface area (Å²) in [6.07, 6.45) is 3.45. The largest absolute Gasteiger partial charge is 0.474 e. The van der Waals surface area contributed by atoms with Crippen LogP contribution in [0.1, 0.15) is 188 Å². The number of para-hydroxylation sites is 1. The maximum atomic E-state index is 11.3. The van der Waals surface area contributed by atoms with Crippen LogP contribution in [0.2, 0.25) is 0 Å². The minimum Gasteiger partial charge on any atom is -0.474 e. The Morgan fingerprint density at radius 3 is 1.19 bits per heavy atom. The molecule has 4 aromatic carbocycles. The van der Waals surface area contributed by atoms with Crippen LogP contribution in [0, 0.1) is 62.2 Å². The van der Waals surface area contributed by atoms with Gasteiger partial charge in [0.05, 0.1) is 30.6 Å². The number of alkyl halides is 1. The number of carbonyl (C=O) groups is 4. The van der Waals surface area contributed by atoms with Crippen LogP contribution in [-0.2, 0) is 30.2 Å². The molecule has 0 radical (unpaired) electrons. The molecule has 7 heterocycles. The number of pyridine rings is 2. The van der Waals surface area contributed by atoms with E-state index in [1.165, 1.54) is 11.1 Å². The molecule has 480 valence electrons. The molecule has 2 aromatic heterocycles. The number of fused-ring (bicyclic) bond motifs is 4. The zero-order valence-corrected chi connectivity index (χ0v) is 61.5. The van der Waals surface area contributed by atoms with Gasteiger partial charge in [0.25, 0.3) is 0 Å². The summed E-state index contributed by atoms with van der Waals surface area (Å²) < 4.78 is 27.9. The van der Waals surface area contributed by atoms with E-state index in [-0.39, 0.29) is 89.2 Å². The van der Waals surface area contributed by atoms with Crippen LogP contribution in [-0.4, -0.2) is 107 Å². The standard InChI is InChI=1S/2C17H23N3O2.C10H10O2.C10H10O.C9H7BrO.C9H8O.CH3.H3P.U/c2*1-10(2)14-8-21-16(19-14)12-6-5-7-13(18-12)17-20-15(9-22-17)11(3)4;1-7-6-10(11)12-9-5-3-2-4-8(7)9;1-7-6-10(11)9-5-3-2-4-8(7)9;10-8-5-9(11)7-4-2-1-3-6(7)8;10-9-6-5-7-3-1-2-4-8(7)9;;;/h2*5-7,10-11,14-15H,8-9H2,1-4H3;2-5,7H,6H2,1H3;2-5,7H,6H2,1H3;1-4,8H,5H2;1-4H,5-6H2;2*1H3;/q;;;;;;-1;;/t2*14-,15-;2*7-;;;;;/m1011...../s1. The van der Waals surface area contributed by atoms with Gasteiger partial charge in [0.2, 0.25) is 23.6 Å². The number of hydrogen-bond donors (Lipinski definition) is 0. The van der Waals surface area contributed by atoms with Crippen LogP contribution in [0.3, 0.4) is 0 Å². The Balaban J connectivity index is 0.000000178. The van der Waals surface area contributed by atoms with Crippen molar-refractivity contribution in [2.24, 2.45) is 43.6 Å². The first-order valence-electron chi connectivity index (χ1n) is 30.9. The van der Waals surface area contributed by atoms with Crippen molar-refractivity contribution in [2.45, 2.75) is 142 Å². The van der Waals surface area contributed by atoms with Crippen molar-refractivity contribution in [3.8, 4) is 5.75 Å². The molecule has 0 N–H and O–H groups in total. The number of benzene rings is 4. The van der Waals surface area contributed by atoms with Gasteiger partial charge in [-0.3, -0.25) is 19.2 Å². The van der Waals surface area contributed by atoms with Gasteiger partial charge in [-0.25, -0.2) is 29.9 Å². The van der Waals surface area contributed by atoms with Crippen molar-refractivity contribution < 1.29 is 74.0 Å². The topological polar surface area (TPSA) is 190 Å². The maximum Gasteiger partial charge on any atom is 0.311 e. The van der Waals surface area contributed by atoms with Crippen LogP contribution in [0.15, 0.2) is 153 Å².